The van der Waals surface area contributed by atoms with Crippen LogP contribution in [0.5, 0.6) is 11.5 Å². The maximum absolute atomic E-state index is 13.7. The highest BCUT2D eigenvalue weighted by Gasteiger charge is 2.36. The van der Waals surface area contributed by atoms with E-state index in [4.69, 9.17) is 16.2 Å². The largest absolute Gasteiger partial charge is 0.507 e. The van der Waals surface area contributed by atoms with Crippen molar-refractivity contribution in [2.45, 2.75) is 20.0 Å². The van der Waals surface area contributed by atoms with E-state index in [1.807, 2.05) is 0 Å². The molecule has 0 bridgehead atoms. The predicted molar refractivity (Wildman–Crippen MR) is 121 cm³/mol. The van der Waals surface area contributed by atoms with Crippen LogP contribution in [0.25, 0.3) is 11.3 Å². The minimum Gasteiger partial charge on any atom is -0.507 e. The summed E-state index contributed by atoms with van der Waals surface area (Å²) in [7, 11) is 0. The molecule has 0 saturated carbocycles. The summed E-state index contributed by atoms with van der Waals surface area (Å²) in [6.45, 7) is 3.69. The number of amides is 3. The van der Waals surface area contributed by atoms with Crippen molar-refractivity contribution in [3.8, 4) is 22.8 Å². The molecule has 3 rings (SSSR count). The second-order valence-electron chi connectivity index (χ2n) is 7.67. The van der Waals surface area contributed by atoms with Crippen molar-refractivity contribution < 1.29 is 32.6 Å². The molecule has 0 aliphatic heterocycles. The number of benzene rings is 2. The zero-order chi connectivity index (χ0) is 25.2. The molecule has 3 aromatic rings. The number of aromatic hydroxyl groups is 1. The van der Waals surface area contributed by atoms with Crippen LogP contribution in [0.3, 0.4) is 0 Å². The molecule has 1 aromatic heterocycles. The standard InChI is InChI=1S/C22H21F3N4O4S/c1-11(2)9-33-18-6-4-13(8-15(18)22(23,24)25)29(20(27)32)21-28-16(10-34-21)12-3-5-17(30)14(7-12)19(26)31/h3-8,10-11,30H,9H2,1-2H3,(H2,26,31)(H2,27,32). The van der Waals surface area contributed by atoms with Crippen LogP contribution in [0.1, 0.15) is 29.8 Å². The summed E-state index contributed by atoms with van der Waals surface area (Å²) in [5.41, 5.74) is 10.1. The van der Waals surface area contributed by atoms with E-state index in [9.17, 15) is 27.9 Å². The molecule has 0 radical (unpaired) electrons. The smallest absolute Gasteiger partial charge is 0.420 e. The average Bonchev–Trinajstić information content (AvgIpc) is 3.21. The lowest BCUT2D eigenvalue weighted by Gasteiger charge is -2.21. The highest BCUT2D eigenvalue weighted by Crippen LogP contribution is 2.41. The molecule has 8 nitrogen and oxygen atoms in total. The highest BCUT2D eigenvalue weighted by atomic mass is 32.1. The van der Waals surface area contributed by atoms with E-state index >= 15 is 0 Å². The summed E-state index contributed by atoms with van der Waals surface area (Å²) in [5.74, 6) is -1.53. The van der Waals surface area contributed by atoms with E-state index in [1.165, 1.54) is 29.6 Å². The molecule has 180 valence electrons. The number of hydrogen-bond donors (Lipinski definition) is 3. The third-order valence-corrected chi connectivity index (χ3v) is 5.39. The second-order valence-corrected chi connectivity index (χ2v) is 8.50. The number of nitrogens with zero attached hydrogens (tertiary/aromatic N) is 2. The number of carbonyl (C=O) groups excluding carboxylic acids is 2. The van der Waals surface area contributed by atoms with E-state index in [0.29, 0.717) is 11.3 Å². The Morgan fingerprint density at radius 1 is 1.18 bits per heavy atom. The number of alkyl halides is 3. The predicted octanol–water partition coefficient (Wildman–Crippen LogP) is 4.89. The first kappa shape index (κ1) is 24.8. The molecule has 0 saturated heterocycles. The van der Waals surface area contributed by atoms with Crippen molar-refractivity contribution in [2.75, 3.05) is 11.5 Å². The number of anilines is 2. The van der Waals surface area contributed by atoms with E-state index in [-0.39, 0.29) is 40.4 Å². The Hall–Kier alpha value is -3.80. The Balaban J connectivity index is 2.02. The molecule has 12 heteroatoms. The summed E-state index contributed by atoms with van der Waals surface area (Å²) in [5, 5.41) is 11.3. The fraction of sp³-hybridized carbons (Fsp3) is 0.227. The molecular formula is C22H21F3N4O4S. The first-order valence-corrected chi connectivity index (χ1v) is 10.8. The SMILES string of the molecule is CC(C)COc1ccc(N(C(N)=O)c2nc(-c3ccc(O)c(C(N)=O)c3)cs2)cc1C(F)(F)F. The molecular weight excluding hydrogens is 473 g/mol. The Bertz CT molecular complexity index is 1230. The summed E-state index contributed by atoms with van der Waals surface area (Å²) < 4.78 is 46.4. The minimum absolute atomic E-state index is 0.000160. The van der Waals surface area contributed by atoms with Gasteiger partial charge in [0, 0.05) is 10.9 Å². The fourth-order valence-corrected chi connectivity index (χ4v) is 3.84. The molecule has 5 N–H and O–H groups in total. The summed E-state index contributed by atoms with van der Waals surface area (Å²) in [4.78, 5) is 28.8. The number of ether oxygens (including phenoxy) is 1. The van der Waals surface area contributed by atoms with E-state index in [2.05, 4.69) is 4.98 Å². The normalized spacial score (nSPS) is 11.5. The number of aromatic nitrogens is 1. The Morgan fingerprint density at radius 3 is 2.47 bits per heavy atom. The number of thiazole rings is 1. The van der Waals surface area contributed by atoms with Gasteiger partial charge in [-0.1, -0.05) is 13.8 Å². The zero-order valence-electron chi connectivity index (χ0n) is 18.1. The van der Waals surface area contributed by atoms with Crippen molar-refractivity contribution in [3.63, 3.8) is 0 Å². The highest BCUT2D eigenvalue weighted by molar-refractivity contribution is 7.14. The Kier molecular flexibility index (Phi) is 7.01. The van der Waals surface area contributed by atoms with Crippen LogP contribution in [-0.4, -0.2) is 28.6 Å². The fourth-order valence-electron chi connectivity index (χ4n) is 2.99. The second kappa shape index (κ2) is 9.59. The van der Waals surface area contributed by atoms with Gasteiger partial charge in [0.05, 0.1) is 29.1 Å². The number of primary amides is 2. The van der Waals surface area contributed by atoms with Gasteiger partial charge in [-0.25, -0.2) is 14.7 Å². The van der Waals surface area contributed by atoms with Crippen LogP contribution in [0.2, 0.25) is 0 Å². The first-order chi connectivity index (χ1) is 15.9. The van der Waals surface area contributed by atoms with E-state index in [0.717, 1.165) is 28.4 Å². The average molecular weight is 494 g/mol. The van der Waals surface area contributed by atoms with E-state index < -0.39 is 23.7 Å². The number of urea groups is 1. The van der Waals surface area contributed by atoms with Crippen molar-refractivity contribution in [1.29, 1.82) is 0 Å². The third kappa shape index (κ3) is 5.39. The number of rotatable bonds is 7. The molecule has 0 spiro atoms. The van der Waals surface area contributed by atoms with Crippen molar-refractivity contribution in [3.05, 3.63) is 52.9 Å². The van der Waals surface area contributed by atoms with Gasteiger partial charge < -0.3 is 21.3 Å². The molecule has 0 unspecified atom stereocenters. The molecule has 0 fully saturated rings. The lowest BCUT2D eigenvalue weighted by atomic mass is 10.1. The lowest BCUT2D eigenvalue weighted by Crippen LogP contribution is -2.31. The van der Waals surface area contributed by atoms with Gasteiger partial charge in [-0.05, 0) is 42.3 Å². The van der Waals surface area contributed by atoms with E-state index in [1.54, 1.807) is 13.8 Å². The van der Waals surface area contributed by atoms with Gasteiger partial charge in [-0.3, -0.25) is 4.79 Å². The molecule has 0 aliphatic rings. The maximum Gasteiger partial charge on any atom is 0.420 e. The Labute approximate surface area is 196 Å². The minimum atomic E-state index is -4.74. The van der Waals surface area contributed by atoms with Crippen LogP contribution in [0.4, 0.5) is 28.8 Å². The molecule has 0 atom stereocenters. The van der Waals surface area contributed by atoms with Crippen LogP contribution < -0.4 is 21.1 Å². The van der Waals surface area contributed by atoms with Gasteiger partial charge in [-0.2, -0.15) is 13.2 Å². The number of hydrogen-bond acceptors (Lipinski definition) is 6. The molecule has 34 heavy (non-hydrogen) atoms. The van der Waals surface area contributed by atoms with Crippen LogP contribution in [0, 0.1) is 5.92 Å². The van der Waals surface area contributed by atoms with Crippen molar-refractivity contribution >= 4 is 34.1 Å². The summed E-state index contributed by atoms with van der Waals surface area (Å²) in [6, 6.07) is 6.17. The van der Waals surface area contributed by atoms with Crippen LogP contribution >= 0.6 is 11.3 Å². The monoisotopic (exact) mass is 494 g/mol. The number of nitrogens with two attached hydrogens (primary N) is 2. The number of carbonyl (C=O) groups is 2. The molecule has 3 amide bonds. The summed E-state index contributed by atoms with van der Waals surface area (Å²) >= 11 is 0.949. The molecule has 0 aliphatic carbocycles. The van der Waals surface area contributed by atoms with Crippen molar-refractivity contribution in [2.24, 2.45) is 17.4 Å². The van der Waals surface area contributed by atoms with Gasteiger partial charge in [0.15, 0.2) is 5.13 Å². The van der Waals surface area contributed by atoms with Crippen LogP contribution in [-0.2, 0) is 6.18 Å². The quantitative estimate of drug-likeness (QED) is 0.431. The topological polar surface area (TPSA) is 132 Å². The van der Waals surface area contributed by atoms with Gasteiger partial charge in [-0.15, -0.1) is 11.3 Å². The molecule has 1 heterocycles. The Morgan fingerprint density at radius 2 is 1.88 bits per heavy atom. The maximum atomic E-state index is 13.7. The zero-order valence-corrected chi connectivity index (χ0v) is 18.9. The van der Waals surface area contributed by atoms with Crippen molar-refractivity contribution in [1.82, 2.24) is 4.98 Å². The van der Waals surface area contributed by atoms with Gasteiger partial charge in [0.1, 0.15) is 11.5 Å². The lowest BCUT2D eigenvalue weighted by molar-refractivity contribution is -0.139. The number of halogens is 3. The van der Waals surface area contributed by atoms with Gasteiger partial charge in [0.25, 0.3) is 5.91 Å². The summed E-state index contributed by atoms with van der Waals surface area (Å²) in [6.07, 6.45) is -4.74. The number of phenols is 1. The van der Waals surface area contributed by atoms with Gasteiger partial charge >= 0.3 is 12.2 Å². The third-order valence-electron chi connectivity index (χ3n) is 4.56. The first-order valence-electron chi connectivity index (χ1n) is 9.90. The van der Waals surface area contributed by atoms with Crippen LogP contribution in [0.15, 0.2) is 41.8 Å². The molecule has 2 aromatic carbocycles. The van der Waals surface area contributed by atoms with Gasteiger partial charge in [0.2, 0.25) is 0 Å².